The number of thiazole rings is 1. The molecular formula is C23H23N3O3S. The van der Waals surface area contributed by atoms with Crippen molar-refractivity contribution >= 4 is 11.3 Å². The van der Waals surface area contributed by atoms with Gasteiger partial charge < -0.3 is 14.0 Å². The molecule has 0 bridgehead atoms. The SMILES string of the molecule is CCCOc1ccc(-c2noc(Cc3nc(-c4ccc(OCC)cc4)cs3)n2)cc1. The summed E-state index contributed by atoms with van der Waals surface area (Å²) in [5, 5.41) is 7.07. The monoisotopic (exact) mass is 421 g/mol. The lowest BCUT2D eigenvalue weighted by atomic mass is 10.2. The molecule has 4 aromatic rings. The number of benzene rings is 2. The molecule has 0 radical (unpaired) electrons. The molecule has 7 heteroatoms. The van der Waals surface area contributed by atoms with E-state index >= 15 is 0 Å². The first-order chi connectivity index (χ1) is 14.7. The molecule has 0 saturated heterocycles. The third kappa shape index (κ3) is 4.86. The maximum Gasteiger partial charge on any atom is 0.233 e. The van der Waals surface area contributed by atoms with Gasteiger partial charge >= 0.3 is 0 Å². The van der Waals surface area contributed by atoms with E-state index in [2.05, 4.69) is 17.1 Å². The van der Waals surface area contributed by atoms with Crippen LogP contribution in [-0.2, 0) is 6.42 Å². The molecule has 2 aromatic carbocycles. The molecule has 0 N–H and O–H groups in total. The summed E-state index contributed by atoms with van der Waals surface area (Å²) in [6.07, 6.45) is 1.49. The lowest BCUT2D eigenvalue weighted by Gasteiger charge is -2.03. The Kier molecular flexibility index (Phi) is 6.39. The first kappa shape index (κ1) is 20.1. The fourth-order valence-corrected chi connectivity index (χ4v) is 3.70. The fourth-order valence-electron chi connectivity index (χ4n) is 2.91. The van der Waals surface area contributed by atoms with E-state index in [1.54, 1.807) is 11.3 Å². The van der Waals surface area contributed by atoms with Crippen molar-refractivity contribution < 1.29 is 14.0 Å². The zero-order valence-corrected chi connectivity index (χ0v) is 17.8. The van der Waals surface area contributed by atoms with E-state index in [4.69, 9.17) is 19.0 Å². The summed E-state index contributed by atoms with van der Waals surface area (Å²) in [7, 11) is 0. The minimum atomic E-state index is 0.506. The van der Waals surface area contributed by atoms with Crippen LogP contribution in [0.15, 0.2) is 58.4 Å². The highest BCUT2D eigenvalue weighted by molar-refractivity contribution is 7.10. The molecule has 154 valence electrons. The van der Waals surface area contributed by atoms with Gasteiger partial charge in [0.05, 0.1) is 25.3 Å². The number of rotatable bonds is 9. The van der Waals surface area contributed by atoms with Crippen LogP contribution in [-0.4, -0.2) is 28.3 Å². The van der Waals surface area contributed by atoms with Crippen molar-refractivity contribution in [2.75, 3.05) is 13.2 Å². The minimum absolute atomic E-state index is 0.506. The lowest BCUT2D eigenvalue weighted by Crippen LogP contribution is -1.94. The summed E-state index contributed by atoms with van der Waals surface area (Å²) in [5.74, 6) is 2.81. The fraction of sp³-hybridized carbons (Fsp3) is 0.261. The molecule has 2 aromatic heterocycles. The van der Waals surface area contributed by atoms with Gasteiger partial charge in [-0.3, -0.25) is 0 Å². The molecule has 0 aliphatic carbocycles. The summed E-state index contributed by atoms with van der Waals surface area (Å²) in [4.78, 5) is 9.22. The van der Waals surface area contributed by atoms with Crippen LogP contribution in [0.3, 0.4) is 0 Å². The van der Waals surface area contributed by atoms with E-state index in [1.165, 1.54) is 0 Å². The summed E-state index contributed by atoms with van der Waals surface area (Å²) in [6, 6.07) is 15.7. The van der Waals surface area contributed by atoms with E-state index in [0.717, 1.165) is 39.7 Å². The summed E-state index contributed by atoms with van der Waals surface area (Å²) in [6.45, 7) is 5.42. The zero-order chi connectivity index (χ0) is 20.8. The molecule has 4 rings (SSSR count). The third-order valence-corrected chi connectivity index (χ3v) is 5.22. The van der Waals surface area contributed by atoms with E-state index in [0.29, 0.717) is 31.3 Å². The lowest BCUT2D eigenvalue weighted by molar-refractivity contribution is 0.317. The van der Waals surface area contributed by atoms with Crippen molar-refractivity contribution in [3.05, 3.63) is 64.8 Å². The summed E-state index contributed by atoms with van der Waals surface area (Å²) >= 11 is 1.58. The molecule has 0 atom stereocenters. The quantitative estimate of drug-likeness (QED) is 0.348. The minimum Gasteiger partial charge on any atom is -0.494 e. The smallest absolute Gasteiger partial charge is 0.233 e. The van der Waals surface area contributed by atoms with Crippen LogP contribution < -0.4 is 9.47 Å². The third-order valence-electron chi connectivity index (χ3n) is 4.37. The van der Waals surface area contributed by atoms with Gasteiger partial charge in [-0.05, 0) is 61.9 Å². The molecule has 0 spiro atoms. The standard InChI is InChI=1S/C23H23N3O3S/c1-3-13-28-19-11-7-17(8-12-19)23-25-21(29-26-23)14-22-24-20(15-30-22)16-5-9-18(10-6-16)27-4-2/h5-12,15H,3-4,13-14H2,1-2H3. The van der Waals surface area contributed by atoms with Crippen molar-refractivity contribution in [2.24, 2.45) is 0 Å². The van der Waals surface area contributed by atoms with Gasteiger partial charge in [-0.2, -0.15) is 4.98 Å². The topological polar surface area (TPSA) is 70.3 Å². The van der Waals surface area contributed by atoms with E-state index in [-0.39, 0.29) is 0 Å². The molecule has 0 amide bonds. The Labute approximate surface area is 179 Å². The maximum atomic E-state index is 5.61. The molecule has 0 fully saturated rings. The van der Waals surface area contributed by atoms with Crippen molar-refractivity contribution in [3.8, 4) is 34.1 Å². The average Bonchev–Trinajstić information content (AvgIpc) is 3.44. The van der Waals surface area contributed by atoms with E-state index in [9.17, 15) is 0 Å². The summed E-state index contributed by atoms with van der Waals surface area (Å²) < 4.78 is 16.5. The Morgan fingerprint density at radius 2 is 1.57 bits per heavy atom. The van der Waals surface area contributed by atoms with Gasteiger partial charge in [-0.15, -0.1) is 11.3 Å². The molecule has 0 aliphatic rings. The molecular weight excluding hydrogens is 398 g/mol. The second-order valence-corrected chi connectivity index (χ2v) is 7.59. The van der Waals surface area contributed by atoms with Crippen LogP contribution in [0.4, 0.5) is 0 Å². The van der Waals surface area contributed by atoms with Crippen LogP contribution in [0, 0.1) is 0 Å². The normalized spacial score (nSPS) is 10.9. The van der Waals surface area contributed by atoms with E-state index < -0.39 is 0 Å². The highest BCUT2D eigenvalue weighted by Gasteiger charge is 2.12. The second-order valence-electron chi connectivity index (χ2n) is 6.65. The number of aromatic nitrogens is 3. The highest BCUT2D eigenvalue weighted by atomic mass is 32.1. The van der Waals surface area contributed by atoms with Gasteiger partial charge in [-0.1, -0.05) is 12.1 Å². The van der Waals surface area contributed by atoms with Gasteiger partial charge in [0.2, 0.25) is 11.7 Å². The number of hydrogen-bond donors (Lipinski definition) is 0. The largest absolute Gasteiger partial charge is 0.494 e. The number of nitrogens with zero attached hydrogens (tertiary/aromatic N) is 3. The van der Waals surface area contributed by atoms with Gasteiger partial charge in [0.15, 0.2) is 0 Å². The molecule has 0 unspecified atom stereocenters. The first-order valence-corrected chi connectivity index (χ1v) is 10.9. The maximum absolute atomic E-state index is 5.61. The summed E-state index contributed by atoms with van der Waals surface area (Å²) in [5.41, 5.74) is 2.88. The number of ether oxygens (including phenoxy) is 2. The predicted octanol–water partition coefficient (Wildman–Crippen LogP) is 5.64. The van der Waals surface area contributed by atoms with Gasteiger partial charge in [-0.25, -0.2) is 4.98 Å². The molecule has 30 heavy (non-hydrogen) atoms. The van der Waals surface area contributed by atoms with Crippen LogP contribution in [0.2, 0.25) is 0 Å². The molecule has 0 aliphatic heterocycles. The number of hydrogen-bond acceptors (Lipinski definition) is 7. The average molecular weight is 422 g/mol. The Morgan fingerprint density at radius 3 is 2.27 bits per heavy atom. The Bertz CT molecular complexity index is 1070. The predicted molar refractivity (Wildman–Crippen MR) is 117 cm³/mol. The molecule has 6 nitrogen and oxygen atoms in total. The Morgan fingerprint density at radius 1 is 0.867 bits per heavy atom. The van der Waals surface area contributed by atoms with Crippen LogP contribution in [0.25, 0.3) is 22.6 Å². The van der Waals surface area contributed by atoms with Crippen molar-refractivity contribution in [1.29, 1.82) is 0 Å². The molecule has 2 heterocycles. The molecule has 0 saturated carbocycles. The highest BCUT2D eigenvalue weighted by Crippen LogP contribution is 2.26. The van der Waals surface area contributed by atoms with Crippen molar-refractivity contribution in [2.45, 2.75) is 26.7 Å². The zero-order valence-electron chi connectivity index (χ0n) is 17.0. The van der Waals surface area contributed by atoms with Crippen molar-refractivity contribution in [1.82, 2.24) is 15.1 Å². The first-order valence-electron chi connectivity index (χ1n) is 9.98. The van der Waals surface area contributed by atoms with Crippen LogP contribution in [0.5, 0.6) is 11.5 Å². The Hall–Kier alpha value is -3.19. The van der Waals surface area contributed by atoms with Crippen LogP contribution >= 0.6 is 11.3 Å². The van der Waals surface area contributed by atoms with Gasteiger partial charge in [0, 0.05) is 16.5 Å². The van der Waals surface area contributed by atoms with Gasteiger partial charge in [0.25, 0.3) is 0 Å². The van der Waals surface area contributed by atoms with E-state index in [1.807, 2.05) is 60.8 Å². The Balaban J connectivity index is 1.41. The second kappa shape index (κ2) is 9.54. The van der Waals surface area contributed by atoms with Crippen molar-refractivity contribution in [3.63, 3.8) is 0 Å². The van der Waals surface area contributed by atoms with Gasteiger partial charge in [0.1, 0.15) is 16.5 Å². The van der Waals surface area contributed by atoms with Crippen LogP contribution in [0.1, 0.15) is 31.2 Å².